The van der Waals surface area contributed by atoms with Gasteiger partial charge in [0.15, 0.2) is 0 Å². The third kappa shape index (κ3) is 4.25. The minimum Gasteiger partial charge on any atom is -0.340 e. The van der Waals surface area contributed by atoms with Crippen molar-refractivity contribution in [1.82, 2.24) is 9.62 Å². The van der Waals surface area contributed by atoms with Crippen LogP contribution in [-0.4, -0.2) is 30.2 Å². The Morgan fingerprint density at radius 3 is 2.67 bits per heavy atom. The Morgan fingerprint density at radius 1 is 1.40 bits per heavy atom. The maximum Gasteiger partial charge on any atom is 0.326 e. The molecule has 4 heteroatoms. The van der Waals surface area contributed by atoms with Crippen molar-refractivity contribution < 1.29 is 4.79 Å². The highest BCUT2D eigenvalue weighted by Crippen LogP contribution is 2.10. The van der Waals surface area contributed by atoms with Crippen molar-refractivity contribution in [2.24, 2.45) is 0 Å². The molecular formula is C11H16N2OS. The second-order valence-electron chi connectivity index (χ2n) is 3.12. The van der Waals surface area contributed by atoms with Crippen LogP contribution in [0.3, 0.4) is 0 Å². The van der Waals surface area contributed by atoms with Crippen LogP contribution < -0.4 is 5.32 Å². The predicted octanol–water partition coefficient (Wildman–Crippen LogP) is 2.15. The van der Waals surface area contributed by atoms with Gasteiger partial charge < -0.3 is 5.32 Å². The highest BCUT2D eigenvalue weighted by atomic mass is 32.2. The van der Waals surface area contributed by atoms with E-state index in [1.165, 1.54) is 17.5 Å². The number of hydrogen-bond acceptors (Lipinski definition) is 2. The van der Waals surface area contributed by atoms with Gasteiger partial charge in [0.1, 0.15) is 0 Å². The smallest absolute Gasteiger partial charge is 0.326 e. The number of benzene rings is 1. The molecule has 0 heterocycles. The fourth-order valence-electron chi connectivity index (χ4n) is 1.16. The molecule has 0 saturated heterocycles. The van der Waals surface area contributed by atoms with Gasteiger partial charge in [0.2, 0.25) is 0 Å². The zero-order valence-electron chi connectivity index (χ0n) is 9.06. The number of carbonyl (C=O) groups is 1. The summed E-state index contributed by atoms with van der Waals surface area (Å²) in [5.74, 6) is 0.911. The van der Waals surface area contributed by atoms with Gasteiger partial charge in [0.05, 0.1) is 0 Å². The number of nitrogens with one attached hydrogen (secondary N) is 1. The van der Waals surface area contributed by atoms with Gasteiger partial charge in [-0.25, -0.2) is 4.79 Å². The molecule has 0 spiro atoms. The Morgan fingerprint density at radius 2 is 2.07 bits per heavy atom. The molecule has 0 fully saturated rings. The Bertz CT molecular complexity index is 303. The van der Waals surface area contributed by atoms with Crippen LogP contribution in [0, 0.1) is 0 Å². The Labute approximate surface area is 95.0 Å². The van der Waals surface area contributed by atoms with Gasteiger partial charge in [0.25, 0.3) is 0 Å². The second kappa shape index (κ2) is 6.35. The van der Waals surface area contributed by atoms with Crippen LogP contribution in [0.15, 0.2) is 30.3 Å². The lowest BCUT2D eigenvalue weighted by atomic mass is 10.2. The summed E-state index contributed by atoms with van der Waals surface area (Å²) in [6.07, 6.45) is 0.979. The van der Waals surface area contributed by atoms with E-state index < -0.39 is 0 Å². The predicted molar refractivity (Wildman–Crippen MR) is 64.8 cm³/mol. The van der Waals surface area contributed by atoms with E-state index in [1.54, 1.807) is 18.4 Å². The quantitative estimate of drug-likeness (QED) is 0.795. The summed E-state index contributed by atoms with van der Waals surface area (Å²) in [4.78, 5) is 11.1. The van der Waals surface area contributed by atoms with Gasteiger partial charge in [-0.2, -0.15) is 0 Å². The number of hydrogen-bond donors (Lipinski definition) is 1. The first-order valence-corrected chi connectivity index (χ1v) is 5.80. The summed E-state index contributed by atoms with van der Waals surface area (Å²) < 4.78 is 1.61. The van der Waals surface area contributed by atoms with Gasteiger partial charge in [-0.1, -0.05) is 30.3 Å². The third-order valence-corrected chi connectivity index (χ3v) is 2.96. The molecule has 0 bridgehead atoms. The van der Waals surface area contributed by atoms with Gasteiger partial charge in [0, 0.05) is 19.8 Å². The van der Waals surface area contributed by atoms with Crippen LogP contribution in [0.4, 0.5) is 4.79 Å². The van der Waals surface area contributed by atoms with Crippen molar-refractivity contribution >= 4 is 18.0 Å². The summed E-state index contributed by atoms with van der Waals surface area (Å²) in [6.45, 7) is 0. The molecule has 1 N–H and O–H groups in total. The molecule has 15 heavy (non-hydrogen) atoms. The maximum atomic E-state index is 11.1. The first-order chi connectivity index (χ1) is 7.24. The molecule has 0 aliphatic rings. The zero-order chi connectivity index (χ0) is 11.1. The first-order valence-electron chi connectivity index (χ1n) is 4.86. The molecule has 3 nitrogen and oxygen atoms in total. The van der Waals surface area contributed by atoms with E-state index in [0.29, 0.717) is 0 Å². The molecule has 0 aliphatic carbocycles. The lowest BCUT2D eigenvalue weighted by Gasteiger charge is -2.14. The average Bonchev–Trinajstić information content (AvgIpc) is 2.29. The molecule has 0 saturated carbocycles. The molecule has 1 rings (SSSR count). The van der Waals surface area contributed by atoms with Crippen molar-refractivity contribution in [1.29, 1.82) is 0 Å². The molecule has 0 aliphatic heterocycles. The standard InChI is InChI=1S/C11H16N2OS/c1-12-11(14)13(2)15-9-8-10-6-4-3-5-7-10/h3-7H,8-9H2,1-2H3,(H,12,14). The van der Waals surface area contributed by atoms with Crippen LogP contribution >= 0.6 is 11.9 Å². The van der Waals surface area contributed by atoms with Crippen molar-refractivity contribution in [3.63, 3.8) is 0 Å². The van der Waals surface area contributed by atoms with Crippen molar-refractivity contribution in [3.8, 4) is 0 Å². The summed E-state index contributed by atoms with van der Waals surface area (Å²) in [5, 5.41) is 2.58. The van der Waals surface area contributed by atoms with Crippen molar-refractivity contribution in [2.75, 3.05) is 19.8 Å². The Kier molecular flexibility index (Phi) is 5.04. The maximum absolute atomic E-state index is 11.1. The molecular weight excluding hydrogens is 208 g/mol. The molecule has 0 radical (unpaired) electrons. The van der Waals surface area contributed by atoms with Crippen LogP contribution in [-0.2, 0) is 6.42 Å². The molecule has 1 aromatic rings. The Balaban J connectivity index is 2.25. The summed E-state index contributed by atoms with van der Waals surface area (Å²) in [5.41, 5.74) is 1.30. The van der Waals surface area contributed by atoms with E-state index in [1.807, 2.05) is 18.2 Å². The number of amides is 2. The molecule has 2 amide bonds. The fourth-order valence-corrected chi connectivity index (χ4v) is 1.97. The fraction of sp³-hybridized carbons (Fsp3) is 0.364. The number of nitrogens with zero attached hydrogens (tertiary/aromatic N) is 1. The summed E-state index contributed by atoms with van der Waals surface area (Å²) in [6, 6.07) is 10.2. The van der Waals surface area contributed by atoms with E-state index in [9.17, 15) is 4.79 Å². The minimum atomic E-state index is -0.0620. The molecule has 0 unspecified atom stereocenters. The lowest BCUT2D eigenvalue weighted by Crippen LogP contribution is -2.30. The van der Waals surface area contributed by atoms with Crippen molar-refractivity contribution in [2.45, 2.75) is 6.42 Å². The zero-order valence-corrected chi connectivity index (χ0v) is 9.88. The number of carbonyl (C=O) groups excluding carboxylic acids is 1. The van der Waals surface area contributed by atoms with Crippen molar-refractivity contribution in [3.05, 3.63) is 35.9 Å². The number of urea groups is 1. The van der Waals surface area contributed by atoms with E-state index in [-0.39, 0.29) is 6.03 Å². The molecule has 82 valence electrons. The second-order valence-corrected chi connectivity index (χ2v) is 4.34. The van der Waals surface area contributed by atoms with Gasteiger partial charge >= 0.3 is 6.03 Å². The normalized spacial score (nSPS) is 9.73. The molecule has 0 atom stereocenters. The number of rotatable bonds is 4. The topological polar surface area (TPSA) is 32.3 Å². The van der Waals surface area contributed by atoms with Crippen LogP contribution in [0.25, 0.3) is 0 Å². The Hall–Kier alpha value is -1.16. The SMILES string of the molecule is CNC(=O)N(C)SCCc1ccccc1. The van der Waals surface area contributed by atoms with E-state index >= 15 is 0 Å². The highest BCUT2D eigenvalue weighted by molar-refractivity contribution is 7.97. The molecule has 0 aromatic heterocycles. The van der Waals surface area contributed by atoms with Crippen LogP contribution in [0.2, 0.25) is 0 Å². The lowest BCUT2D eigenvalue weighted by molar-refractivity contribution is 0.233. The minimum absolute atomic E-state index is 0.0620. The van der Waals surface area contributed by atoms with E-state index in [4.69, 9.17) is 0 Å². The van der Waals surface area contributed by atoms with Gasteiger partial charge in [-0.15, -0.1) is 0 Å². The first kappa shape index (κ1) is 11.9. The summed E-state index contributed by atoms with van der Waals surface area (Å²) >= 11 is 1.53. The highest BCUT2D eigenvalue weighted by Gasteiger charge is 2.05. The number of aryl methyl sites for hydroxylation is 1. The molecule has 1 aromatic carbocycles. The van der Waals surface area contributed by atoms with Crippen LogP contribution in [0.5, 0.6) is 0 Å². The monoisotopic (exact) mass is 224 g/mol. The van der Waals surface area contributed by atoms with E-state index in [2.05, 4.69) is 17.4 Å². The van der Waals surface area contributed by atoms with Crippen LogP contribution in [0.1, 0.15) is 5.56 Å². The largest absolute Gasteiger partial charge is 0.340 e. The van der Waals surface area contributed by atoms with Gasteiger partial charge in [-0.05, 0) is 23.9 Å². The third-order valence-electron chi connectivity index (χ3n) is 2.02. The average molecular weight is 224 g/mol. The van der Waals surface area contributed by atoms with E-state index in [0.717, 1.165) is 12.2 Å². The van der Waals surface area contributed by atoms with Gasteiger partial charge in [-0.3, -0.25) is 4.31 Å². The summed E-state index contributed by atoms with van der Waals surface area (Å²) in [7, 11) is 3.41.